The van der Waals surface area contributed by atoms with Crippen LogP contribution in [0.2, 0.25) is 5.02 Å². The molecule has 0 radical (unpaired) electrons. The number of halogens is 1. The third-order valence-corrected chi connectivity index (χ3v) is 4.45. The number of piperazine rings is 1. The minimum atomic E-state index is 0.171. The predicted molar refractivity (Wildman–Crippen MR) is 92.6 cm³/mol. The van der Waals surface area contributed by atoms with Gasteiger partial charge < -0.3 is 14.6 Å². The maximum Gasteiger partial charge on any atom is 0.165 e. The molecule has 1 aliphatic heterocycles. The fourth-order valence-electron chi connectivity index (χ4n) is 2.85. The van der Waals surface area contributed by atoms with Gasteiger partial charge in [-0.1, -0.05) is 18.5 Å². The van der Waals surface area contributed by atoms with Gasteiger partial charge in [0, 0.05) is 48.9 Å². The van der Waals surface area contributed by atoms with Crippen LogP contribution in [0.5, 0.6) is 11.5 Å². The Balaban J connectivity index is 2.19. The van der Waals surface area contributed by atoms with E-state index in [9.17, 15) is 5.11 Å². The molecular formula is C17H27ClN2O3. The summed E-state index contributed by atoms with van der Waals surface area (Å²) in [5, 5.41) is 10.2. The van der Waals surface area contributed by atoms with Gasteiger partial charge in [-0.15, -0.1) is 0 Å². The molecule has 6 heteroatoms. The van der Waals surface area contributed by atoms with Crippen molar-refractivity contribution < 1.29 is 14.6 Å². The second kappa shape index (κ2) is 8.73. The highest BCUT2D eigenvalue weighted by atomic mass is 35.5. The lowest BCUT2D eigenvalue weighted by molar-refractivity contribution is 0.0535. The van der Waals surface area contributed by atoms with Crippen molar-refractivity contribution in [2.24, 2.45) is 0 Å². The van der Waals surface area contributed by atoms with E-state index in [1.807, 2.05) is 6.07 Å². The van der Waals surface area contributed by atoms with Crippen LogP contribution in [0.15, 0.2) is 12.1 Å². The fourth-order valence-corrected chi connectivity index (χ4v) is 3.08. The van der Waals surface area contributed by atoms with Crippen LogP contribution in [-0.4, -0.2) is 68.0 Å². The summed E-state index contributed by atoms with van der Waals surface area (Å²) in [6.45, 7) is 6.35. The van der Waals surface area contributed by atoms with Crippen molar-refractivity contribution in [3.8, 4) is 11.5 Å². The molecule has 0 aromatic heterocycles. The molecule has 1 aliphatic rings. The van der Waals surface area contributed by atoms with Crippen molar-refractivity contribution in [3.63, 3.8) is 0 Å². The Morgan fingerprint density at radius 1 is 1.35 bits per heavy atom. The summed E-state index contributed by atoms with van der Waals surface area (Å²) in [7, 11) is 3.68. The van der Waals surface area contributed by atoms with E-state index in [0.717, 1.165) is 43.9 Å². The Hall–Kier alpha value is -1.01. The van der Waals surface area contributed by atoms with Gasteiger partial charge in [-0.25, -0.2) is 0 Å². The summed E-state index contributed by atoms with van der Waals surface area (Å²) in [5.74, 6) is 1.45. The molecule has 0 spiro atoms. The van der Waals surface area contributed by atoms with E-state index in [0.29, 0.717) is 17.4 Å². The molecular weight excluding hydrogens is 316 g/mol. The number of benzene rings is 1. The average molecular weight is 343 g/mol. The Morgan fingerprint density at radius 2 is 2.13 bits per heavy atom. The van der Waals surface area contributed by atoms with Gasteiger partial charge in [0.1, 0.15) is 0 Å². The molecule has 1 saturated heterocycles. The summed E-state index contributed by atoms with van der Waals surface area (Å²) in [4.78, 5) is 4.52. The van der Waals surface area contributed by atoms with Crippen LogP contribution < -0.4 is 9.47 Å². The molecule has 0 amide bonds. The lowest BCUT2D eigenvalue weighted by Crippen LogP contribution is -2.52. The molecule has 1 fully saturated rings. The maximum absolute atomic E-state index is 9.51. The molecule has 1 aromatic carbocycles. The minimum absolute atomic E-state index is 0.171. The molecule has 0 bridgehead atoms. The van der Waals surface area contributed by atoms with Crippen LogP contribution >= 0.6 is 11.6 Å². The lowest BCUT2D eigenvalue weighted by Gasteiger charge is -2.38. The van der Waals surface area contributed by atoms with Crippen LogP contribution in [0, 0.1) is 0 Å². The van der Waals surface area contributed by atoms with Gasteiger partial charge in [-0.05, 0) is 19.5 Å². The number of hydrogen-bond donors (Lipinski definition) is 1. The third-order valence-electron chi connectivity index (χ3n) is 4.23. The largest absolute Gasteiger partial charge is 0.493 e. The van der Waals surface area contributed by atoms with Crippen molar-refractivity contribution in [2.45, 2.75) is 25.9 Å². The summed E-state index contributed by atoms with van der Waals surface area (Å²) in [6, 6.07) is 3.91. The second-order valence-electron chi connectivity index (χ2n) is 6.00. The van der Waals surface area contributed by atoms with Crippen LogP contribution in [0.4, 0.5) is 0 Å². The predicted octanol–water partition coefficient (Wildman–Crippen LogP) is 2.25. The van der Waals surface area contributed by atoms with E-state index in [2.05, 4.69) is 23.8 Å². The first-order valence-corrected chi connectivity index (χ1v) is 8.49. The first-order valence-electron chi connectivity index (χ1n) is 8.11. The van der Waals surface area contributed by atoms with E-state index >= 15 is 0 Å². The Labute approximate surface area is 143 Å². The number of aliphatic hydroxyl groups is 1. The third kappa shape index (κ3) is 4.73. The monoisotopic (exact) mass is 342 g/mol. The Bertz CT molecular complexity index is 513. The molecule has 1 N–H and O–H groups in total. The number of likely N-dealkylation sites (N-methyl/N-ethyl adjacent to an activating group) is 1. The van der Waals surface area contributed by atoms with Crippen LogP contribution in [0.1, 0.15) is 18.9 Å². The lowest BCUT2D eigenvalue weighted by atomic mass is 10.1. The van der Waals surface area contributed by atoms with Gasteiger partial charge in [-0.2, -0.15) is 0 Å². The normalized spacial score (nSPS) is 19.8. The Morgan fingerprint density at radius 3 is 2.78 bits per heavy atom. The summed E-state index contributed by atoms with van der Waals surface area (Å²) in [6.07, 6.45) is 0.937. The van der Waals surface area contributed by atoms with E-state index in [-0.39, 0.29) is 12.6 Å². The van der Waals surface area contributed by atoms with E-state index in [4.69, 9.17) is 21.1 Å². The number of nitrogens with zero attached hydrogens (tertiary/aromatic N) is 2. The SMILES string of the molecule is CCCOc1c(CN2CCN(C)C(CO)C2)cc(Cl)cc1OC. The zero-order valence-corrected chi connectivity index (χ0v) is 15.0. The Kier molecular flexibility index (Phi) is 6.96. The highest BCUT2D eigenvalue weighted by Crippen LogP contribution is 2.35. The van der Waals surface area contributed by atoms with Gasteiger partial charge in [0.25, 0.3) is 0 Å². The standard InChI is InChI=1S/C17H27ClN2O3/c1-4-7-23-17-13(8-14(18)9-16(17)22-3)10-20-6-5-19(2)15(11-20)12-21/h8-9,15,21H,4-7,10-12H2,1-3H3. The molecule has 2 rings (SSSR count). The highest BCUT2D eigenvalue weighted by Gasteiger charge is 2.25. The number of methoxy groups -OCH3 is 1. The summed E-state index contributed by atoms with van der Waals surface area (Å²) >= 11 is 6.23. The first kappa shape index (κ1) is 18.3. The van der Waals surface area contributed by atoms with Crippen molar-refractivity contribution in [1.29, 1.82) is 0 Å². The highest BCUT2D eigenvalue weighted by molar-refractivity contribution is 6.30. The summed E-state index contributed by atoms with van der Waals surface area (Å²) < 4.78 is 11.3. The number of rotatable bonds is 7. The molecule has 1 unspecified atom stereocenters. The van der Waals surface area contributed by atoms with Crippen LogP contribution in [0.25, 0.3) is 0 Å². The van der Waals surface area contributed by atoms with Crippen LogP contribution in [-0.2, 0) is 6.54 Å². The van der Waals surface area contributed by atoms with Gasteiger partial charge in [-0.3, -0.25) is 9.80 Å². The number of ether oxygens (including phenoxy) is 2. The average Bonchev–Trinajstić information content (AvgIpc) is 2.55. The maximum atomic E-state index is 9.51. The smallest absolute Gasteiger partial charge is 0.165 e. The van der Waals surface area contributed by atoms with Gasteiger partial charge in [0.05, 0.1) is 20.3 Å². The topological polar surface area (TPSA) is 45.2 Å². The van der Waals surface area contributed by atoms with Crippen molar-refractivity contribution in [3.05, 3.63) is 22.7 Å². The molecule has 1 aromatic rings. The van der Waals surface area contributed by atoms with Gasteiger partial charge in [0.2, 0.25) is 0 Å². The molecule has 130 valence electrons. The molecule has 23 heavy (non-hydrogen) atoms. The minimum Gasteiger partial charge on any atom is -0.493 e. The fraction of sp³-hybridized carbons (Fsp3) is 0.647. The van der Waals surface area contributed by atoms with Crippen molar-refractivity contribution >= 4 is 11.6 Å². The molecule has 5 nitrogen and oxygen atoms in total. The number of aliphatic hydroxyl groups excluding tert-OH is 1. The van der Waals surface area contributed by atoms with Crippen molar-refractivity contribution in [2.75, 3.05) is 47.0 Å². The van der Waals surface area contributed by atoms with Crippen molar-refractivity contribution in [1.82, 2.24) is 9.80 Å². The molecule has 1 atom stereocenters. The van der Waals surface area contributed by atoms with E-state index in [1.54, 1.807) is 13.2 Å². The molecule has 1 heterocycles. The second-order valence-corrected chi connectivity index (χ2v) is 6.43. The molecule has 0 aliphatic carbocycles. The van der Waals surface area contributed by atoms with Crippen LogP contribution in [0.3, 0.4) is 0 Å². The van der Waals surface area contributed by atoms with E-state index < -0.39 is 0 Å². The van der Waals surface area contributed by atoms with Gasteiger partial charge in [0.15, 0.2) is 11.5 Å². The van der Waals surface area contributed by atoms with E-state index in [1.165, 1.54) is 0 Å². The quantitative estimate of drug-likeness (QED) is 0.823. The zero-order chi connectivity index (χ0) is 16.8. The summed E-state index contributed by atoms with van der Waals surface area (Å²) in [5.41, 5.74) is 1.03. The van der Waals surface area contributed by atoms with Gasteiger partial charge >= 0.3 is 0 Å². The zero-order valence-electron chi connectivity index (χ0n) is 14.2. The molecule has 0 saturated carbocycles. The number of hydrogen-bond acceptors (Lipinski definition) is 5. The first-order chi connectivity index (χ1) is 11.1.